The summed E-state index contributed by atoms with van der Waals surface area (Å²) in [5.41, 5.74) is 0.0806. The Morgan fingerprint density at radius 3 is 1.79 bits per heavy atom. The maximum absolute atomic E-state index is 10.4. The van der Waals surface area contributed by atoms with Crippen LogP contribution in [0.15, 0.2) is 23.8 Å². The van der Waals surface area contributed by atoms with Crippen LogP contribution in [0, 0.1) is 5.41 Å². The number of carboxylic acids is 2. The molecule has 0 saturated heterocycles. The van der Waals surface area contributed by atoms with Crippen molar-refractivity contribution in [2.24, 2.45) is 5.41 Å². The molecule has 0 saturated carbocycles. The van der Waals surface area contributed by atoms with E-state index in [4.69, 9.17) is 10.2 Å². The molecule has 0 aliphatic carbocycles. The number of carboxylic acid groups (broad SMARTS) is 2. The summed E-state index contributed by atoms with van der Waals surface area (Å²) in [7, 11) is 0. The van der Waals surface area contributed by atoms with Crippen molar-refractivity contribution >= 4 is 11.9 Å². The molecule has 0 aliphatic rings. The van der Waals surface area contributed by atoms with E-state index in [1.54, 1.807) is 0 Å². The van der Waals surface area contributed by atoms with Crippen LogP contribution < -0.4 is 0 Å². The van der Waals surface area contributed by atoms with Gasteiger partial charge in [-0.05, 0) is 11.0 Å². The molecule has 0 atom stereocenters. The monoisotopic (exact) mass is 198 g/mol. The summed E-state index contributed by atoms with van der Waals surface area (Å²) in [6.07, 6.45) is 3.25. The van der Waals surface area contributed by atoms with Gasteiger partial charge >= 0.3 is 11.9 Å². The van der Waals surface area contributed by atoms with Gasteiger partial charge in [0.25, 0.3) is 0 Å². The van der Waals surface area contributed by atoms with Crippen molar-refractivity contribution in [3.63, 3.8) is 0 Å². The van der Waals surface area contributed by atoms with E-state index in [-0.39, 0.29) is 5.41 Å². The van der Waals surface area contributed by atoms with Crippen LogP contribution in [0.3, 0.4) is 0 Å². The normalized spacial score (nSPS) is 13.2. The molecule has 0 unspecified atom stereocenters. The van der Waals surface area contributed by atoms with Crippen molar-refractivity contribution in [3.05, 3.63) is 23.8 Å². The standard InChI is InChI=1S/C10H14O4/c1-10(2,3)7(6-9(13)14)4-5-8(11)12/h4-6H,1-3H3,(H,11,12)(H,13,14)/b5-4-,7-6+. The number of aliphatic carboxylic acids is 2. The minimum Gasteiger partial charge on any atom is -0.478 e. The Balaban J connectivity index is 4.94. The third-order valence-electron chi connectivity index (χ3n) is 1.55. The minimum absolute atomic E-state index is 0.385. The molecule has 0 aliphatic heterocycles. The highest BCUT2D eigenvalue weighted by molar-refractivity contribution is 5.83. The van der Waals surface area contributed by atoms with Crippen LogP contribution in [-0.4, -0.2) is 22.2 Å². The zero-order valence-electron chi connectivity index (χ0n) is 8.44. The molecule has 0 bridgehead atoms. The van der Waals surface area contributed by atoms with Gasteiger partial charge in [-0.15, -0.1) is 0 Å². The van der Waals surface area contributed by atoms with Gasteiger partial charge in [-0.1, -0.05) is 26.8 Å². The quantitative estimate of drug-likeness (QED) is 0.534. The highest BCUT2D eigenvalue weighted by atomic mass is 16.4. The summed E-state index contributed by atoms with van der Waals surface area (Å²) in [5, 5.41) is 17.0. The van der Waals surface area contributed by atoms with E-state index in [1.165, 1.54) is 6.08 Å². The van der Waals surface area contributed by atoms with Gasteiger partial charge in [-0.25, -0.2) is 9.59 Å². The van der Waals surface area contributed by atoms with Gasteiger partial charge in [0.15, 0.2) is 0 Å². The van der Waals surface area contributed by atoms with Crippen LogP contribution in [0.25, 0.3) is 0 Å². The van der Waals surface area contributed by atoms with E-state index in [0.717, 1.165) is 12.2 Å². The summed E-state index contributed by atoms with van der Waals surface area (Å²) in [4.78, 5) is 20.7. The Hall–Kier alpha value is -1.58. The van der Waals surface area contributed by atoms with Gasteiger partial charge in [0.2, 0.25) is 0 Å². The second-order valence-corrected chi connectivity index (χ2v) is 3.86. The van der Waals surface area contributed by atoms with Gasteiger partial charge in [-0.2, -0.15) is 0 Å². The van der Waals surface area contributed by atoms with E-state index in [9.17, 15) is 9.59 Å². The number of hydrogen-bond donors (Lipinski definition) is 2. The number of carbonyl (C=O) groups is 2. The lowest BCUT2D eigenvalue weighted by Gasteiger charge is -2.19. The van der Waals surface area contributed by atoms with Crippen LogP contribution in [-0.2, 0) is 9.59 Å². The van der Waals surface area contributed by atoms with Crippen molar-refractivity contribution in [2.75, 3.05) is 0 Å². The maximum atomic E-state index is 10.4. The molecule has 0 amide bonds. The van der Waals surface area contributed by atoms with Gasteiger partial charge in [-0.3, -0.25) is 0 Å². The fourth-order valence-electron chi connectivity index (χ4n) is 0.809. The Morgan fingerprint density at radius 2 is 1.50 bits per heavy atom. The summed E-state index contributed by atoms with van der Waals surface area (Å²) in [6, 6.07) is 0. The van der Waals surface area contributed by atoms with Gasteiger partial charge in [0.05, 0.1) is 0 Å². The zero-order valence-corrected chi connectivity index (χ0v) is 8.44. The predicted octanol–water partition coefficient (Wildman–Crippen LogP) is 1.68. The highest BCUT2D eigenvalue weighted by Crippen LogP contribution is 2.25. The molecule has 2 N–H and O–H groups in total. The molecule has 4 nitrogen and oxygen atoms in total. The van der Waals surface area contributed by atoms with Crippen LogP contribution >= 0.6 is 0 Å². The molecular formula is C10H14O4. The molecule has 0 rings (SSSR count). The zero-order chi connectivity index (χ0) is 11.4. The molecular weight excluding hydrogens is 184 g/mol. The molecule has 78 valence electrons. The Labute approximate surface area is 82.6 Å². The van der Waals surface area contributed by atoms with Gasteiger partial charge < -0.3 is 10.2 Å². The van der Waals surface area contributed by atoms with Crippen molar-refractivity contribution in [1.29, 1.82) is 0 Å². The topological polar surface area (TPSA) is 74.6 Å². The Bertz CT molecular complexity index is 292. The number of rotatable bonds is 3. The summed E-state index contributed by atoms with van der Waals surface area (Å²) >= 11 is 0. The summed E-state index contributed by atoms with van der Waals surface area (Å²) in [6.45, 7) is 5.44. The molecule has 4 heteroatoms. The van der Waals surface area contributed by atoms with Crippen LogP contribution in [0.2, 0.25) is 0 Å². The van der Waals surface area contributed by atoms with E-state index in [1.807, 2.05) is 20.8 Å². The first-order valence-corrected chi connectivity index (χ1v) is 4.09. The highest BCUT2D eigenvalue weighted by Gasteiger charge is 2.15. The molecule has 0 aromatic carbocycles. The first-order valence-electron chi connectivity index (χ1n) is 4.09. The second-order valence-electron chi connectivity index (χ2n) is 3.86. The molecule has 0 radical (unpaired) electrons. The summed E-state index contributed by atoms with van der Waals surface area (Å²) in [5.74, 6) is -2.17. The fraction of sp³-hybridized carbons (Fsp3) is 0.400. The molecule has 0 aromatic heterocycles. The van der Waals surface area contributed by atoms with E-state index >= 15 is 0 Å². The lowest BCUT2D eigenvalue weighted by atomic mass is 9.86. The Morgan fingerprint density at radius 1 is 1.00 bits per heavy atom. The second kappa shape index (κ2) is 4.60. The van der Waals surface area contributed by atoms with Crippen molar-refractivity contribution in [3.8, 4) is 0 Å². The SMILES string of the molecule is CC(C)(C)C(/C=C\C(=O)O)=C/C(=O)O. The molecule has 0 spiro atoms. The molecule has 0 aromatic rings. The smallest absolute Gasteiger partial charge is 0.328 e. The van der Waals surface area contributed by atoms with Crippen molar-refractivity contribution in [1.82, 2.24) is 0 Å². The summed E-state index contributed by atoms with van der Waals surface area (Å²) < 4.78 is 0. The maximum Gasteiger partial charge on any atom is 0.328 e. The minimum atomic E-state index is -1.09. The number of hydrogen-bond acceptors (Lipinski definition) is 2. The average molecular weight is 198 g/mol. The van der Waals surface area contributed by atoms with Crippen molar-refractivity contribution < 1.29 is 19.8 Å². The van der Waals surface area contributed by atoms with E-state index < -0.39 is 11.9 Å². The molecule has 0 heterocycles. The number of allylic oxidation sites excluding steroid dienone is 2. The lowest BCUT2D eigenvalue weighted by molar-refractivity contribution is -0.132. The average Bonchev–Trinajstić information content (AvgIpc) is 1.94. The fourth-order valence-corrected chi connectivity index (χ4v) is 0.809. The largest absolute Gasteiger partial charge is 0.478 e. The van der Waals surface area contributed by atoms with E-state index in [0.29, 0.717) is 5.57 Å². The van der Waals surface area contributed by atoms with Crippen molar-refractivity contribution in [2.45, 2.75) is 20.8 Å². The van der Waals surface area contributed by atoms with Crippen LogP contribution in [0.5, 0.6) is 0 Å². The molecule has 0 fully saturated rings. The third-order valence-corrected chi connectivity index (χ3v) is 1.55. The van der Waals surface area contributed by atoms with Crippen LogP contribution in [0.4, 0.5) is 0 Å². The lowest BCUT2D eigenvalue weighted by Crippen LogP contribution is -2.10. The molecule has 14 heavy (non-hydrogen) atoms. The first kappa shape index (κ1) is 12.4. The Kier molecular flexibility index (Phi) is 4.08. The van der Waals surface area contributed by atoms with E-state index in [2.05, 4.69) is 0 Å². The van der Waals surface area contributed by atoms with Crippen LogP contribution in [0.1, 0.15) is 20.8 Å². The first-order chi connectivity index (χ1) is 6.23. The third kappa shape index (κ3) is 5.13. The van der Waals surface area contributed by atoms with Gasteiger partial charge in [0, 0.05) is 12.2 Å². The predicted molar refractivity (Wildman–Crippen MR) is 51.9 cm³/mol. The van der Waals surface area contributed by atoms with Gasteiger partial charge in [0.1, 0.15) is 0 Å².